The average Bonchev–Trinajstić information content (AvgIpc) is 2.44. The van der Waals surface area contributed by atoms with Gasteiger partial charge in [-0.3, -0.25) is 5.32 Å². The molecule has 0 aliphatic rings. The molecular formula is C17H19F2N3O2. The van der Waals surface area contributed by atoms with E-state index in [1.807, 2.05) is 0 Å². The molecule has 7 heteroatoms. The number of hydrogen-bond acceptors (Lipinski definition) is 4. The molecule has 0 spiro atoms. The van der Waals surface area contributed by atoms with Gasteiger partial charge >= 0.3 is 6.09 Å². The highest BCUT2D eigenvalue weighted by atomic mass is 19.1. The van der Waals surface area contributed by atoms with E-state index in [2.05, 4.69) is 10.6 Å². The summed E-state index contributed by atoms with van der Waals surface area (Å²) in [6.45, 7) is 5.22. The van der Waals surface area contributed by atoms with Gasteiger partial charge in [0.25, 0.3) is 0 Å². The smallest absolute Gasteiger partial charge is 0.412 e. The minimum Gasteiger partial charge on any atom is -0.444 e. The van der Waals surface area contributed by atoms with Gasteiger partial charge in [0.05, 0.1) is 11.4 Å². The number of halogens is 2. The van der Waals surface area contributed by atoms with Crippen LogP contribution in [0.1, 0.15) is 20.8 Å². The third kappa shape index (κ3) is 4.58. The summed E-state index contributed by atoms with van der Waals surface area (Å²) in [5.41, 5.74) is 5.75. The molecule has 2 rings (SSSR count). The van der Waals surface area contributed by atoms with Crippen molar-refractivity contribution < 1.29 is 18.3 Å². The molecule has 0 aliphatic carbocycles. The van der Waals surface area contributed by atoms with Crippen molar-refractivity contribution in [1.82, 2.24) is 0 Å². The monoisotopic (exact) mass is 335 g/mol. The van der Waals surface area contributed by atoms with E-state index in [1.54, 1.807) is 26.8 Å². The average molecular weight is 335 g/mol. The van der Waals surface area contributed by atoms with Gasteiger partial charge < -0.3 is 15.8 Å². The number of nitrogen functional groups attached to an aromatic ring is 1. The highest BCUT2D eigenvalue weighted by Crippen LogP contribution is 2.29. The molecule has 0 unspecified atom stereocenters. The maximum absolute atomic E-state index is 13.7. The number of carbonyl (C=O) groups excluding carboxylic acids is 1. The van der Waals surface area contributed by atoms with Gasteiger partial charge in [-0.25, -0.2) is 13.6 Å². The topological polar surface area (TPSA) is 76.4 Å². The molecule has 0 fully saturated rings. The molecular weight excluding hydrogens is 316 g/mol. The number of ether oxygens (including phenoxy) is 1. The van der Waals surface area contributed by atoms with Crippen LogP contribution in [0.5, 0.6) is 0 Å². The van der Waals surface area contributed by atoms with Crippen molar-refractivity contribution in [3.8, 4) is 0 Å². The lowest BCUT2D eigenvalue weighted by Crippen LogP contribution is -2.27. The van der Waals surface area contributed by atoms with E-state index in [4.69, 9.17) is 10.5 Å². The summed E-state index contributed by atoms with van der Waals surface area (Å²) in [5, 5.41) is 5.14. The summed E-state index contributed by atoms with van der Waals surface area (Å²) in [6.07, 6.45) is -0.643. The molecule has 2 aromatic carbocycles. The highest BCUT2D eigenvalue weighted by Gasteiger charge is 2.17. The van der Waals surface area contributed by atoms with Crippen LogP contribution < -0.4 is 16.4 Å². The van der Waals surface area contributed by atoms with Crippen molar-refractivity contribution in [2.45, 2.75) is 26.4 Å². The van der Waals surface area contributed by atoms with E-state index in [-0.39, 0.29) is 17.1 Å². The Balaban J connectivity index is 2.21. The summed E-state index contributed by atoms with van der Waals surface area (Å²) in [5.74, 6) is -1.50. The molecule has 0 saturated heterocycles. The second-order valence-electron chi connectivity index (χ2n) is 6.15. The van der Waals surface area contributed by atoms with Gasteiger partial charge in [0.2, 0.25) is 0 Å². The Bertz CT molecular complexity index is 738. The lowest BCUT2D eigenvalue weighted by Gasteiger charge is -2.20. The third-order valence-electron chi connectivity index (χ3n) is 2.92. The van der Waals surface area contributed by atoms with Crippen LogP contribution in [-0.4, -0.2) is 11.7 Å². The number of hydrogen-bond donors (Lipinski definition) is 3. The Morgan fingerprint density at radius 3 is 2.33 bits per heavy atom. The minimum absolute atomic E-state index is 0.257. The van der Waals surface area contributed by atoms with Crippen molar-refractivity contribution in [3.63, 3.8) is 0 Å². The molecule has 0 heterocycles. The molecule has 2 aromatic rings. The SMILES string of the molecule is CC(C)(C)OC(=O)Nc1ccc(N)c(Nc2c(F)cccc2F)c1. The fraction of sp³-hybridized carbons (Fsp3) is 0.235. The lowest BCUT2D eigenvalue weighted by atomic mass is 10.2. The summed E-state index contributed by atoms with van der Waals surface area (Å²) in [4.78, 5) is 11.8. The van der Waals surface area contributed by atoms with Crippen molar-refractivity contribution in [3.05, 3.63) is 48.0 Å². The third-order valence-corrected chi connectivity index (χ3v) is 2.92. The van der Waals surface area contributed by atoms with Gasteiger partial charge in [-0.05, 0) is 51.1 Å². The predicted molar refractivity (Wildman–Crippen MR) is 90.4 cm³/mol. The van der Waals surface area contributed by atoms with Crippen molar-refractivity contribution in [2.24, 2.45) is 0 Å². The largest absolute Gasteiger partial charge is 0.444 e. The summed E-state index contributed by atoms with van der Waals surface area (Å²) < 4.78 is 32.6. The molecule has 4 N–H and O–H groups in total. The van der Waals surface area contributed by atoms with E-state index in [9.17, 15) is 13.6 Å². The molecule has 0 saturated carbocycles. The van der Waals surface area contributed by atoms with Gasteiger partial charge in [0.15, 0.2) is 0 Å². The number of nitrogens with two attached hydrogens (primary N) is 1. The summed E-state index contributed by atoms with van der Waals surface area (Å²) >= 11 is 0. The molecule has 0 radical (unpaired) electrons. The first-order valence-corrected chi connectivity index (χ1v) is 7.26. The second-order valence-corrected chi connectivity index (χ2v) is 6.15. The first-order chi connectivity index (χ1) is 11.2. The zero-order chi connectivity index (χ0) is 17.9. The molecule has 1 amide bonds. The fourth-order valence-electron chi connectivity index (χ4n) is 1.92. The Kier molecular flexibility index (Phi) is 4.92. The number of amides is 1. The van der Waals surface area contributed by atoms with Crippen LogP contribution in [-0.2, 0) is 4.74 Å². The fourth-order valence-corrected chi connectivity index (χ4v) is 1.92. The molecule has 0 atom stereocenters. The molecule has 0 aromatic heterocycles. The Hall–Kier alpha value is -2.83. The Labute approximate surface area is 138 Å². The first kappa shape index (κ1) is 17.5. The van der Waals surface area contributed by atoms with E-state index in [0.717, 1.165) is 12.1 Å². The van der Waals surface area contributed by atoms with Gasteiger partial charge in [0, 0.05) is 5.69 Å². The standard InChI is InChI=1S/C17H19F2N3O2/c1-17(2,3)24-16(23)21-10-7-8-13(20)14(9-10)22-15-11(18)5-4-6-12(15)19/h4-9,22H,20H2,1-3H3,(H,21,23). The van der Waals surface area contributed by atoms with E-state index >= 15 is 0 Å². The van der Waals surface area contributed by atoms with Crippen LogP contribution in [0, 0.1) is 11.6 Å². The minimum atomic E-state index is -0.750. The number of benzene rings is 2. The Morgan fingerprint density at radius 1 is 1.12 bits per heavy atom. The van der Waals surface area contributed by atoms with Crippen molar-refractivity contribution in [1.29, 1.82) is 0 Å². The quantitative estimate of drug-likeness (QED) is 0.714. The maximum atomic E-state index is 13.7. The van der Waals surface area contributed by atoms with Crippen LogP contribution in [0.2, 0.25) is 0 Å². The second kappa shape index (κ2) is 6.74. The van der Waals surface area contributed by atoms with E-state index < -0.39 is 23.3 Å². The van der Waals surface area contributed by atoms with E-state index in [1.165, 1.54) is 18.2 Å². The molecule has 0 aliphatic heterocycles. The van der Waals surface area contributed by atoms with E-state index in [0.29, 0.717) is 5.69 Å². The van der Waals surface area contributed by atoms with Crippen molar-refractivity contribution in [2.75, 3.05) is 16.4 Å². The number of para-hydroxylation sites is 1. The predicted octanol–water partition coefficient (Wildman–Crippen LogP) is 4.64. The maximum Gasteiger partial charge on any atom is 0.412 e. The summed E-state index contributed by atoms with van der Waals surface area (Å²) in [6, 6.07) is 8.05. The molecule has 0 bridgehead atoms. The van der Waals surface area contributed by atoms with Gasteiger partial charge in [-0.1, -0.05) is 6.07 Å². The van der Waals surface area contributed by atoms with Crippen LogP contribution in [0.25, 0.3) is 0 Å². The zero-order valence-electron chi connectivity index (χ0n) is 13.6. The van der Waals surface area contributed by atoms with Crippen LogP contribution in [0.4, 0.5) is 36.3 Å². The zero-order valence-corrected chi connectivity index (χ0v) is 13.6. The highest BCUT2D eigenvalue weighted by molar-refractivity contribution is 5.87. The van der Waals surface area contributed by atoms with Crippen LogP contribution in [0.15, 0.2) is 36.4 Å². The van der Waals surface area contributed by atoms with Crippen LogP contribution >= 0.6 is 0 Å². The Morgan fingerprint density at radius 2 is 1.75 bits per heavy atom. The molecule has 128 valence electrons. The number of carbonyl (C=O) groups is 1. The molecule has 5 nitrogen and oxygen atoms in total. The lowest BCUT2D eigenvalue weighted by molar-refractivity contribution is 0.0636. The number of rotatable bonds is 3. The van der Waals surface area contributed by atoms with Gasteiger partial charge in [-0.15, -0.1) is 0 Å². The van der Waals surface area contributed by atoms with Gasteiger partial charge in [0.1, 0.15) is 22.9 Å². The summed E-state index contributed by atoms with van der Waals surface area (Å²) in [7, 11) is 0. The normalized spacial score (nSPS) is 11.0. The number of anilines is 4. The van der Waals surface area contributed by atoms with Gasteiger partial charge in [-0.2, -0.15) is 0 Å². The number of nitrogens with one attached hydrogen (secondary N) is 2. The molecule has 24 heavy (non-hydrogen) atoms. The van der Waals surface area contributed by atoms with Crippen LogP contribution in [0.3, 0.4) is 0 Å². The van der Waals surface area contributed by atoms with Crippen molar-refractivity contribution >= 4 is 28.8 Å². The first-order valence-electron chi connectivity index (χ1n) is 7.26.